The highest BCUT2D eigenvalue weighted by atomic mass is 28.4. The van der Waals surface area contributed by atoms with Crippen LogP contribution in [0, 0.1) is 0 Å². The molecule has 6 nitrogen and oxygen atoms in total. The molecule has 1 aliphatic rings. The molecule has 1 heterocycles. The van der Waals surface area contributed by atoms with Gasteiger partial charge in [0, 0.05) is 0 Å². The number of hydrogen-bond acceptors (Lipinski definition) is 6. The molecule has 0 spiro atoms. The molecule has 0 aromatic heterocycles. The summed E-state index contributed by atoms with van der Waals surface area (Å²) in [6.07, 6.45) is -3.61. The van der Waals surface area contributed by atoms with E-state index in [4.69, 9.17) is 18.0 Å². The van der Waals surface area contributed by atoms with E-state index >= 15 is 0 Å². The first-order valence-corrected chi connectivity index (χ1v) is 21.1. The first kappa shape index (κ1) is 31.4. The normalized spacial score (nSPS) is 28.8. The lowest BCUT2D eigenvalue weighted by molar-refractivity contribution is -0.277. The lowest BCUT2D eigenvalue weighted by atomic mass is 9.99. The van der Waals surface area contributed by atoms with Crippen LogP contribution in [0.3, 0.4) is 0 Å². The van der Waals surface area contributed by atoms with Gasteiger partial charge in [0.05, 0.1) is 6.61 Å². The highest BCUT2D eigenvalue weighted by Crippen LogP contribution is 2.45. The predicted octanol–water partition coefficient (Wildman–Crippen LogP) is 5.87. The Morgan fingerprint density at radius 1 is 0.606 bits per heavy atom. The minimum atomic E-state index is -2.27. The van der Waals surface area contributed by atoms with E-state index in [0.29, 0.717) is 0 Å². The highest BCUT2D eigenvalue weighted by Gasteiger charge is 2.55. The molecule has 9 heteroatoms. The number of hydrogen-bond donors (Lipinski definition) is 2. The van der Waals surface area contributed by atoms with Gasteiger partial charge in [-0.25, -0.2) is 0 Å². The maximum absolute atomic E-state index is 11.1. The fourth-order valence-corrected chi connectivity index (χ4v) is 6.90. The van der Waals surface area contributed by atoms with Crippen molar-refractivity contribution in [3.8, 4) is 0 Å². The molecule has 5 atom stereocenters. The molecule has 1 saturated heterocycles. The maximum Gasteiger partial charge on any atom is 0.192 e. The molecule has 2 N–H and O–H groups in total. The van der Waals surface area contributed by atoms with Gasteiger partial charge >= 0.3 is 0 Å². The Morgan fingerprint density at radius 3 is 1.21 bits per heavy atom. The van der Waals surface area contributed by atoms with Crippen LogP contribution < -0.4 is 0 Å². The van der Waals surface area contributed by atoms with Crippen LogP contribution in [0.1, 0.15) is 62.3 Å². The standard InChI is InChI=1S/C24H54O6Si3/c1-22(2,3)31(10,11)28-18-17(16-25)27-21(26)20(30-33(14,15)24(7,8)9)19(18)29-32(12,13)23(4,5)6/h17-21,25-26H,16H2,1-15H3/t17-,18+,19+,20-,21?/m1/s1. The van der Waals surface area contributed by atoms with Gasteiger partial charge in [0.25, 0.3) is 0 Å². The van der Waals surface area contributed by atoms with Gasteiger partial charge in [-0.05, 0) is 54.4 Å². The van der Waals surface area contributed by atoms with E-state index in [1.54, 1.807) is 0 Å². The fraction of sp³-hybridized carbons (Fsp3) is 1.00. The van der Waals surface area contributed by atoms with Crippen molar-refractivity contribution in [1.29, 1.82) is 0 Å². The van der Waals surface area contributed by atoms with Crippen molar-refractivity contribution in [1.82, 2.24) is 0 Å². The van der Waals surface area contributed by atoms with E-state index in [9.17, 15) is 10.2 Å². The summed E-state index contributed by atoms with van der Waals surface area (Å²) in [5.74, 6) is 0. The minimum absolute atomic E-state index is 0.0274. The van der Waals surface area contributed by atoms with E-state index < -0.39 is 55.7 Å². The van der Waals surface area contributed by atoms with Crippen LogP contribution in [0.4, 0.5) is 0 Å². The van der Waals surface area contributed by atoms with Crippen LogP contribution in [-0.4, -0.2) is 72.5 Å². The molecule has 0 radical (unpaired) electrons. The lowest BCUT2D eigenvalue weighted by Gasteiger charge is -2.53. The van der Waals surface area contributed by atoms with Crippen molar-refractivity contribution in [2.45, 2.75) is 147 Å². The Kier molecular flexibility index (Phi) is 9.57. The molecule has 0 aliphatic carbocycles. The summed E-state index contributed by atoms with van der Waals surface area (Å²) in [7, 11) is -6.78. The monoisotopic (exact) mass is 522 g/mol. The van der Waals surface area contributed by atoms with Gasteiger partial charge in [0.1, 0.15) is 24.4 Å². The molecule has 198 valence electrons. The Hall–Kier alpha value is 0.411. The highest BCUT2D eigenvalue weighted by molar-refractivity contribution is 6.75. The summed E-state index contributed by atoms with van der Waals surface area (Å²) >= 11 is 0. The average molecular weight is 523 g/mol. The quantitative estimate of drug-likeness (QED) is 0.407. The molecule has 1 rings (SSSR count). The molecule has 0 aromatic rings. The van der Waals surface area contributed by atoms with Crippen molar-refractivity contribution >= 4 is 25.0 Å². The van der Waals surface area contributed by atoms with E-state index in [1.165, 1.54) is 0 Å². The van der Waals surface area contributed by atoms with E-state index in [0.717, 1.165) is 0 Å². The summed E-state index contributed by atoms with van der Waals surface area (Å²) < 4.78 is 26.6. The average Bonchev–Trinajstić information content (AvgIpc) is 2.56. The van der Waals surface area contributed by atoms with Crippen LogP contribution in [0.25, 0.3) is 0 Å². The van der Waals surface area contributed by atoms with Crippen LogP contribution >= 0.6 is 0 Å². The molecular formula is C24H54O6Si3. The van der Waals surface area contributed by atoms with Crippen LogP contribution in [0.5, 0.6) is 0 Å². The van der Waals surface area contributed by atoms with Crippen LogP contribution in [0.15, 0.2) is 0 Å². The zero-order valence-corrected chi connectivity index (χ0v) is 27.1. The molecule has 0 amide bonds. The molecule has 33 heavy (non-hydrogen) atoms. The van der Waals surface area contributed by atoms with Crippen molar-refractivity contribution in [3.63, 3.8) is 0 Å². The van der Waals surface area contributed by atoms with Gasteiger partial charge in [0.15, 0.2) is 31.2 Å². The van der Waals surface area contributed by atoms with Crippen molar-refractivity contribution in [2.75, 3.05) is 6.61 Å². The second-order valence-corrected chi connectivity index (χ2v) is 28.5. The minimum Gasteiger partial charge on any atom is -0.408 e. The maximum atomic E-state index is 11.1. The third-order valence-electron chi connectivity index (χ3n) is 8.50. The predicted molar refractivity (Wildman–Crippen MR) is 144 cm³/mol. The number of rotatable bonds is 7. The second-order valence-electron chi connectivity index (χ2n) is 14.3. The van der Waals surface area contributed by atoms with Crippen molar-refractivity contribution in [3.05, 3.63) is 0 Å². The molecular weight excluding hydrogens is 469 g/mol. The molecule has 1 aliphatic heterocycles. The number of aliphatic hydroxyl groups excluding tert-OH is 2. The molecule has 1 unspecified atom stereocenters. The van der Waals surface area contributed by atoms with Gasteiger partial charge in [-0.1, -0.05) is 62.3 Å². The first-order valence-electron chi connectivity index (χ1n) is 12.4. The third kappa shape index (κ3) is 7.22. The summed E-state index contributed by atoms with van der Waals surface area (Å²) in [6, 6.07) is 0. The number of ether oxygens (including phenoxy) is 1. The molecule has 0 aromatic carbocycles. The van der Waals surface area contributed by atoms with Gasteiger partial charge in [-0.2, -0.15) is 0 Å². The van der Waals surface area contributed by atoms with Gasteiger partial charge in [-0.3, -0.25) is 0 Å². The summed E-state index contributed by atoms with van der Waals surface area (Å²) in [4.78, 5) is 0. The summed E-state index contributed by atoms with van der Waals surface area (Å²) in [5, 5.41) is 21.2. The smallest absolute Gasteiger partial charge is 0.192 e. The Bertz CT molecular complexity index is 646. The first-order chi connectivity index (χ1) is 14.4. The van der Waals surface area contributed by atoms with Crippen molar-refractivity contribution < 1.29 is 28.2 Å². The van der Waals surface area contributed by atoms with E-state index in [1.807, 2.05) is 0 Å². The van der Waals surface area contributed by atoms with E-state index in [-0.39, 0.29) is 21.7 Å². The Balaban J connectivity index is 3.58. The second kappa shape index (κ2) is 10.0. The fourth-order valence-electron chi connectivity index (χ4n) is 2.99. The zero-order valence-electron chi connectivity index (χ0n) is 24.1. The molecule has 1 fully saturated rings. The third-order valence-corrected chi connectivity index (χ3v) is 21.9. The largest absolute Gasteiger partial charge is 0.408 e. The van der Waals surface area contributed by atoms with Crippen molar-refractivity contribution in [2.24, 2.45) is 0 Å². The SMILES string of the molecule is CC(C)(C)[Si](C)(C)O[C@@H]1[C@H](O[Si](C)(C)C(C)(C)C)[C@@H](O[Si](C)(C)C(C)(C)C)C(O)O[C@@H]1CO. The zero-order chi connectivity index (χ0) is 26.4. The Labute approximate surface area is 207 Å². The van der Waals surface area contributed by atoms with E-state index in [2.05, 4.69) is 102 Å². The topological polar surface area (TPSA) is 77.4 Å². The number of aliphatic hydroxyl groups is 2. The Morgan fingerprint density at radius 2 is 0.909 bits per heavy atom. The molecule has 0 saturated carbocycles. The van der Waals surface area contributed by atoms with Gasteiger partial charge < -0.3 is 28.2 Å². The summed E-state index contributed by atoms with van der Waals surface area (Å²) in [6.45, 7) is 32.6. The lowest BCUT2D eigenvalue weighted by Crippen LogP contribution is -2.67. The summed E-state index contributed by atoms with van der Waals surface area (Å²) in [5.41, 5.74) is 0. The van der Waals surface area contributed by atoms with Gasteiger partial charge in [-0.15, -0.1) is 0 Å². The molecule has 0 bridgehead atoms. The van der Waals surface area contributed by atoms with Gasteiger partial charge in [0.2, 0.25) is 0 Å². The van der Waals surface area contributed by atoms with Crippen LogP contribution in [-0.2, 0) is 18.0 Å². The van der Waals surface area contributed by atoms with Crippen LogP contribution in [0.2, 0.25) is 54.4 Å².